The van der Waals surface area contributed by atoms with Gasteiger partial charge in [0.15, 0.2) is 0 Å². The van der Waals surface area contributed by atoms with Crippen molar-refractivity contribution in [2.75, 3.05) is 0 Å². The van der Waals surface area contributed by atoms with Crippen molar-refractivity contribution in [1.82, 2.24) is 10.1 Å². The van der Waals surface area contributed by atoms with Gasteiger partial charge in [-0.2, -0.15) is 4.98 Å². The molecule has 0 saturated carbocycles. The van der Waals surface area contributed by atoms with Crippen LogP contribution in [-0.2, 0) is 6.42 Å². The Morgan fingerprint density at radius 1 is 1.11 bits per heavy atom. The first-order chi connectivity index (χ1) is 9.36. The Bertz CT molecular complexity index is 753. The van der Waals surface area contributed by atoms with Gasteiger partial charge in [0.25, 0.3) is 0 Å². The highest BCUT2D eigenvalue weighted by atomic mass is 16.5. The second kappa shape index (κ2) is 4.95. The van der Waals surface area contributed by atoms with E-state index in [-0.39, 0.29) is 0 Å². The maximum absolute atomic E-state index is 5.22. The summed E-state index contributed by atoms with van der Waals surface area (Å²) in [7, 11) is 0. The van der Waals surface area contributed by atoms with Crippen LogP contribution < -0.4 is 0 Å². The summed E-state index contributed by atoms with van der Waals surface area (Å²) in [6, 6.07) is 14.3. The van der Waals surface area contributed by atoms with Crippen LogP contribution in [0.5, 0.6) is 0 Å². The van der Waals surface area contributed by atoms with E-state index in [1.807, 2.05) is 18.2 Å². The standard InChI is InChI=1S/C16H12N2O/c1-2-3-8-15-17-16(18-19-15)14-10-9-12-6-4-5-7-13(12)11-14/h1,4-7,9-11H,3,8H2. The van der Waals surface area contributed by atoms with E-state index >= 15 is 0 Å². The molecule has 3 rings (SSSR count). The highest BCUT2D eigenvalue weighted by Gasteiger charge is 2.08. The van der Waals surface area contributed by atoms with Crippen LogP contribution in [0.25, 0.3) is 22.2 Å². The third-order valence-corrected chi connectivity index (χ3v) is 2.96. The lowest BCUT2D eigenvalue weighted by Gasteiger charge is -1.99. The van der Waals surface area contributed by atoms with Crippen molar-refractivity contribution in [3.8, 4) is 23.7 Å². The maximum atomic E-state index is 5.22. The van der Waals surface area contributed by atoms with Gasteiger partial charge >= 0.3 is 0 Å². The molecule has 2 aromatic carbocycles. The molecule has 0 radical (unpaired) electrons. The van der Waals surface area contributed by atoms with E-state index in [2.05, 4.69) is 40.3 Å². The van der Waals surface area contributed by atoms with Crippen LogP contribution >= 0.6 is 0 Å². The van der Waals surface area contributed by atoms with Gasteiger partial charge in [0, 0.05) is 18.4 Å². The van der Waals surface area contributed by atoms with Crippen molar-refractivity contribution in [2.24, 2.45) is 0 Å². The fourth-order valence-electron chi connectivity index (χ4n) is 1.98. The first kappa shape index (κ1) is 11.5. The molecule has 0 aliphatic heterocycles. The minimum Gasteiger partial charge on any atom is -0.339 e. The van der Waals surface area contributed by atoms with Gasteiger partial charge in [0.2, 0.25) is 11.7 Å². The molecule has 1 heterocycles. The van der Waals surface area contributed by atoms with Crippen LogP contribution in [0.15, 0.2) is 47.0 Å². The molecular formula is C16H12N2O. The zero-order valence-corrected chi connectivity index (χ0v) is 10.3. The second-order valence-electron chi connectivity index (χ2n) is 4.28. The van der Waals surface area contributed by atoms with Gasteiger partial charge in [-0.25, -0.2) is 0 Å². The van der Waals surface area contributed by atoms with Gasteiger partial charge in [-0.1, -0.05) is 41.6 Å². The molecule has 0 fully saturated rings. The largest absolute Gasteiger partial charge is 0.339 e. The number of hydrogen-bond donors (Lipinski definition) is 0. The number of nitrogens with zero attached hydrogens (tertiary/aromatic N) is 2. The molecule has 3 aromatic rings. The fraction of sp³-hybridized carbons (Fsp3) is 0.125. The molecule has 0 aliphatic carbocycles. The maximum Gasteiger partial charge on any atom is 0.227 e. The van der Waals surface area contributed by atoms with E-state index in [1.54, 1.807) is 0 Å². The number of aromatic nitrogens is 2. The van der Waals surface area contributed by atoms with Crippen molar-refractivity contribution in [3.05, 3.63) is 48.4 Å². The van der Waals surface area contributed by atoms with Crippen LogP contribution in [-0.4, -0.2) is 10.1 Å². The molecular weight excluding hydrogens is 236 g/mol. The number of terminal acetylenes is 1. The smallest absolute Gasteiger partial charge is 0.227 e. The van der Waals surface area contributed by atoms with Crippen LogP contribution in [0.2, 0.25) is 0 Å². The summed E-state index contributed by atoms with van der Waals surface area (Å²) >= 11 is 0. The SMILES string of the molecule is C#CCCc1nc(-c2ccc3ccccc3c2)no1. The molecule has 0 atom stereocenters. The minimum atomic E-state index is 0.584. The minimum absolute atomic E-state index is 0.584. The van der Waals surface area contributed by atoms with Gasteiger partial charge in [-0.3, -0.25) is 0 Å². The van der Waals surface area contributed by atoms with Crippen molar-refractivity contribution in [1.29, 1.82) is 0 Å². The Balaban J connectivity index is 1.95. The molecule has 3 nitrogen and oxygen atoms in total. The molecule has 0 N–H and O–H groups in total. The Morgan fingerprint density at radius 2 is 1.95 bits per heavy atom. The number of benzene rings is 2. The summed E-state index contributed by atoms with van der Waals surface area (Å²) in [5.74, 6) is 3.76. The monoisotopic (exact) mass is 248 g/mol. The Hall–Kier alpha value is -2.60. The number of hydrogen-bond acceptors (Lipinski definition) is 3. The Morgan fingerprint density at radius 3 is 2.79 bits per heavy atom. The van der Waals surface area contributed by atoms with E-state index < -0.39 is 0 Å². The first-order valence-corrected chi connectivity index (χ1v) is 6.12. The summed E-state index contributed by atoms with van der Waals surface area (Å²) in [6.45, 7) is 0. The summed E-state index contributed by atoms with van der Waals surface area (Å²) in [4.78, 5) is 4.35. The van der Waals surface area contributed by atoms with E-state index in [9.17, 15) is 0 Å². The van der Waals surface area contributed by atoms with Crippen molar-refractivity contribution < 1.29 is 4.52 Å². The first-order valence-electron chi connectivity index (χ1n) is 6.12. The molecule has 3 heteroatoms. The Labute approximate surface area is 111 Å². The molecule has 92 valence electrons. The highest BCUT2D eigenvalue weighted by Crippen LogP contribution is 2.22. The number of aryl methyl sites for hydroxylation is 1. The molecule has 19 heavy (non-hydrogen) atoms. The van der Waals surface area contributed by atoms with Gasteiger partial charge in [-0.05, 0) is 16.8 Å². The van der Waals surface area contributed by atoms with Crippen molar-refractivity contribution in [3.63, 3.8) is 0 Å². The molecule has 0 aliphatic rings. The number of fused-ring (bicyclic) bond motifs is 1. The van der Waals surface area contributed by atoms with Crippen LogP contribution in [0, 0.1) is 12.3 Å². The average molecular weight is 248 g/mol. The van der Waals surface area contributed by atoms with Gasteiger partial charge in [0.05, 0.1) is 0 Å². The van der Waals surface area contributed by atoms with Crippen molar-refractivity contribution in [2.45, 2.75) is 12.8 Å². The lowest BCUT2D eigenvalue weighted by atomic mass is 10.1. The van der Waals surface area contributed by atoms with Gasteiger partial charge in [0.1, 0.15) is 0 Å². The van der Waals surface area contributed by atoms with E-state index in [0.29, 0.717) is 24.6 Å². The lowest BCUT2D eigenvalue weighted by Crippen LogP contribution is -1.84. The predicted molar refractivity (Wildman–Crippen MR) is 74.4 cm³/mol. The van der Waals surface area contributed by atoms with Crippen LogP contribution in [0.3, 0.4) is 0 Å². The fourth-order valence-corrected chi connectivity index (χ4v) is 1.98. The highest BCUT2D eigenvalue weighted by molar-refractivity contribution is 5.86. The molecule has 0 saturated heterocycles. The third-order valence-electron chi connectivity index (χ3n) is 2.96. The van der Waals surface area contributed by atoms with Gasteiger partial charge < -0.3 is 4.52 Å². The number of rotatable bonds is 3. The molecule has 0 amide bonds. The molecule has 0 bridgehead atoms. The second-order valence-corrected chi connectivity index (χ2v) is 4.28. The summed E-state index contributed by atoms with van der Waals surface area (Å²) in [5.41, 5.74) is 0.953. The Kier molecular flexibility index (Phi) is 2.99. The molecule has 0 unspecified atom stereocenters. The average Bonchev–Trinajstić information content (AvgIpc) is 2.93. The van der Waals surface area contributed by atoms with Gasteiger partial charge in [-0.15, -0.1) is 12.3 Å². The summed E-state index contributed by atoms with van der Waals surface area (Å²) < 4.78 is 5.18. The zero-order valence-electron chi connectivity index (χ0n) is 10.3. The van der Waals surface area contributed by atoms with E-state index in [4.69, 9.17) is 10.9 Å². The van der Waals surface area contributed by atoms with E-state index in [1.165, 1.54) is 5.39 Å². The van der Waals surface area contributed by atoms with Crippen molar-refractivity contribution >= 4 is 10.8 Å². The summed E-state index contributed by atoms with van der Waals surface area (Å²) in [6.07, 6.45) is 6.45. The topological polar surface area (TPSA) is 38.9 Å². The lowest BCUT2D eigenvalue weighted by molar-refractivity contribution is 0.380. The zero-order chi connectivity index (χ0) is 13.1. The van der Waals surface area contributed by atoms with E-state index in [0.717, 1.165) is 10.9 Å². The quantitative estimate of drug-likeness (QED) is 0.666. The summed E-state index contributed by atoms with van der Waals surface area (Å²) in [5, 5.41) is 6.35. The molecule has 0 spiro atoms. The third kappa shape index (κ3) is 2.34. The molecule has 1 aromatic heterocycles. The predicted octanol–water partition coefficient (Wildman–Crippen LogP) is 3.46. The normalized spacial score (nSPS) is 10.5. The van der Waals surface area contributed by atoms with Crippen LogP contribution in [0.1, 0.15) is 12.3 Å². The van der Waals surface area contributed by atoms with Crippen LogP contribution in [0.4, 0.5) is 0 Å².